The van der Waals surface area contributed by atoms with Crippen molar-refractivity contribution < 1.29 is 14.3 Å². The largest absolute Gasteiger partial charge is 0.491 e. The minimum Gasteiger partial charge on any atom is -0.491 e. The number of benzene rings is 1. The summed E-state index contributed by atoms with van der Waals surface area (Å²) < 4.78 is 11.2. The molecular weight excluding hydrogens is 268 g/mol. The fraction of sp³-hybridized carbons (Fsp3) is 0.438. The van der Waals surface area contributed by atoms with E-state index in [0.29, 0.717) is 13.2 Å². The molecule has 5 heteroatoms. The van der Waals surface area contributed by atoms with Gasteiger partial charge in [0.25, 0.3) is 0 Å². The van der Waals surface area contributed by atoms with Crippen LogP contribution in [0.1, 0.15) is 12.8 Å². The van der Waals surface area contributed by atoms with E-state index < -0.39 is 0 Å². The summed E-state index contributed by atoms with van der Waals surface area (Å²) in [5.41, 5.74) is 0.727. The summed E-state index contributed by atoms with van der Waals surface area (Å²) in [6, 6.07) is 7.39. The van der Waals surface area contributed by atoms with Crippen molar-refractivity contribution in [2.45, 2.75) is 18.9 Å². The van der Waals surface area contributed by atoms with Crippen LogP contribution in [0.2, 0.25) is 0 Å². The fourth-order valence-corrected chi connectivity index (χ4v) is 2.12. The molecule has 1 amide bonds. The van der Waals surface area contributed by atoms with Gasteiger partial charge in [-0.25, -0.2) is 0 Å². The van der Waals surface area contributed by atoms with E-state index >= 15 is 0 Å². The molecule has 1 aromatic carbocycles. The number of carbonyl (C=O) groups excluding carboxylic acids is 1. The number of amides is 1. The summed E-state index contributed by atoms with van der Waals surface area (Å²) in [6.45, 7) is 5.83. The molecule has 0 spiro atoms. The molecular formula is C16H22N2O3. The molecule has 2 rings (SSSR count). The number of carbonyl (C=O) groups is 1. The molecule has 0 saturated carbocycles. The zero-order valence-corrected chi connectivity index (χ0v) is 12.1. The maximum absolute atomic E-state index is 11.7. The number of nitrogens with one attached hydrogen (secondary N) is 2. The maximum atomic E-state index is 11.7. The number of ether oxygens (including phenoxy) is 2. The molecule has 21 heavy (non-hydrogen) atoms. The Balaban J connectivity index is 1.79. The average molecular weight is 290 g/mol. The highest BCUT2D eigenvalue weighted by Gasteiger charge is 2.16. The van der Waals surface area contributed by atoms with E-state index in [1.807, 2.05) is 24.3 Å². The zero-order chi connectivity index (χ0) is 14.9. The van der Waals surface area contributed by atoms with E-state index in [1.165, 1.54) is 0 Å². The fourth-order valence-electron chi connectivity index (χ4n) is 2.12. The molecule has 0 radical (unpaired) electrons. The van der Waals surface area contributed by atoms with Crippen molar-refractivity contribution >= 4 is 11.6 Å². The Morgan fingerprint density at radius 1 is 1.52 bits per heavy atom. The Bertz CT molecular complexity index is 470. The molecule has 1 atom stereocenters. The highest BCUT2D eigenvalue weighted by Crippen LogP contribution is 2.19. The number of anilines is 1. The van der Waals surface area contributed by atoms with E-state index in [2.05, 4.69) is 17.2 Å². The monoisotopic (exact) mass is 290 g/mol. The molecule has 0 aliphatic carbocycles. The van der Waals surface area contributed by atoms with Gasteiger partial charge in [-0.15, -0.1) is 6.58 Å². The molecule has 2 N–H and O–H groups in total. The Kier molecular flexibility index (Phi) is 6.24. The normalized spacial score (nSPS) is 17.4. The molecule has 1 unspecified atom stereocenters. The van der Waals surface area contributed by atoms with Crippen molar-refractivity contribution in [3.05, 3.63) is 36.9 Å². The Morgan fingerprint density at radius 3 is 3.19 bits per heavy atom. The van der Waals surface area contributed by atoms with Crippen LogP contribution in [0, 0.1) is 0 Å². The van der Waals surface area contributed by atoms with Gasteiger partial charge in [0, 0.05) is 24.9 Å². The summed E-state index contributed by atoms with van der Waals surface area (Å²) in [6.07, 6.45) is 4.05. The summed E-state index contributed by atoms with van der Waals surface area (Å²) in [5.74, 6) is 0.649. The maximum Gasteiger partial charge on any atom is 0.238 e. The van der Waals surface area contributed by atoms with Crippen LogP contribution in [0.15, 0.2) is 36.9 Å². The van der Waals surface area contributed by atoms with Gasteiger partial charge in [0.15, 0.2) is 0 Å². The Morgan fingerprint density at radius 2 is 2.43 bits per heavy atom. The van der Waals surface area contributed by atoms with Gasteiger partial charge < -0.3 is 20.1 Å². The van der Waals surface area contributed by atoms with Gasteiger partial charge in [-0.1, -0.05) is 12.1 Å². The van der Waals surface area contributed by atoms with E-state index in [0.717, 1.165) is 30.9 Å². The van der Waals surface area contributed by atoms with Crippen LogP contribution in [0.3, 0.4) is 0 Å². The average Bonchev–Trinajstić information content (AvgIpc) is 2.99. The SMILES string of the molecule is C=CCNCC(=O)Nc1cccc(OCC2CCCO2)c1. The molecule has 5 nitrogen and oxygen atoms in total. The van der Waals surface area contributed by atoms with Crippen LogP contribution in [0.4, 0.5) is 5.69 Å². The molecule has 0 aromatic heterocycles. The smallest absolute Gasteiger partial charge is 0.238 e. The topological polar surface area (TPSA) is 59.6 Å². The van der Waals surface area contributed by atoms with E-state index in [-0.39, 0.29) is 18.6 Å². The van der Waals surface area contributed by atoms with Gasteiger partial charge in [0.1, 0.15) is 12.4 Å². The van der Waals surface area contributed by atoms with E-state index in [9.17, 15) is 4.79 Å². The lowest BCUT2D eigenvalue weighted by Gasteiger charge is -2.12. The molecule has 1 aliphatic heterocycles. The summed E-state index contributed by atoms with van der Waals surface area (Å²) in [5, 5.41) is 5.78. The van der Waals surface area contributed by atoms with Crippen LogP contribution in [-0.4, -0.2) is 38.3 Å². The quantitative estimate of drug-likeness (QED) is 0.567. The van der Waals surface area contributed by atoms with Gasteiger partial charge in [-0.05, 0) is 25.0 Å². The first-order valence-corrected chi connectivity index (χ1v) is 7.24. The highest BCUT2D eigenvalue weighted by atomic mass is 16.5. The lowest BCUT2D eigenvalue weighted by molar-refractivity contribution is -0.115. The van der Waals surface area contributed by atoms with Crippen LogP contribution >= 0.6 is 0 Å². The summed E-state index contributed by atoms with van der Waals surface area (Å²) in [7, 11) is 0. The van der Waals surface area contributed by atoms with Crippen molar-refractivity contribution in [2.75, 3.05) is 31.6 Å². The minimum absolute atomic E-state index is 0.0897. The van der Waals surface area contributed by atoms with Crippen LogP contribution < -0.4 is 15.4 Å². The molecule has 1 aromatic rings. The lowest BCUT2D eigenvalue weighted by Crippen LogP contribution is -2.28. The third-order valence-electron chi connectivity index (χ3n) is 3.15. The zero-order valence-electron chi connectivity index (χ0n) is 12.1. The third kappa shape index (κ3) is 5.57. The second-order valence-corrected chi connectivity index (χ2v) is 4.94. The number of hydrogen-bond donors (Lipinski definition) is 2. The van der Waals surface area contributed by atoms with Crippen molar-refractivity contribution in [3.8, 4) is 5.75 Å². The van der Waals surface area contributed by atoms with Gasteiger partial charge in [0.05, 0.1) is 12.6 Å². The number of hydrogen-bond acceptors (Lipinski definition) is 4. The highest BCUT2D eigenvalue weighted by molar-refractivity contribution is 5.92. The molecule has 1 fully saturated rings. The first kappa shape index (κ1) is 15.5. The predicted octanol–water partition coefficient (Wildman–Crippen LogP) is 1.96. The summed E-state index contributed by atoms with van der Waals surface area (Å²) in [4.78, 5) is 11.7. The van der Waals surface area contributed by atoms with Gasteiger partial charge in [0.2, 0.25) is 5.91 Å². The van der Waals surface area contributed by atoms with Crippen LogP contribution in [0.5, 0.6) is 5.75 Å². The van der Waals surface area contributed by atoms with Gasteiger partial charge >= 0.3 is 0 Å². The molecule has 1 saturated heterocycles. The molecule has 1 aliphatic rings. The van der Waals surface area contributed by atoms with Crippen LogP contribution in [0.25, 0.3) is 0 Å². The van der Waals surface area contributed by atoms with Crippen molar-refractivity contribution in [2.24, 2.45) is 0 Å². The lowest BCUT2D eigenvalue weighted by atomic mass is 10.2. The predicted molar refractivity (Wildman–Crippen MR) is 82.6 cm³/mol. The van der Waals surface area contributed by atoms with E-state index in [4.69, 9.17) is 9.47 Å². The van der Waals surface area contributed by atoms with Gasteiger partial charge in [-0.3, -0.25) is 4.79 Å². The number of rotatable bonds is 8. The Labute approximate surface area is 125 Å². The first-order valence-electron chi connectivity index (χ1n) is 7.24. The second-order valence-electron chi connectivity index (χ2n) is 4.94. The van der Waals surface area contributed by atoms with Gasteiger partial charge in [-0.2, -0.15) is 0 Å². The van der Waals surface area contributed by atoms with Crippen molar-refractivity contribution in [3.63, 3.8) is 0 Å². The molecule has 0 bridgehead atoms. The minimum atomic E-state index is -0.0897. The third-order valence-corrected chi connectivity index (χ3v) is 3.15. The van der Waals surface area contributed by atoms with Crippen molar-refractivity contribution in [1.29, 1.82) is 0 Å². The van der Waals surface area contributed by atoms with Crippen molar-refractivity contribution in [1.82, 2.24) is 5.32 Å². The van der Waals surface area contributed by atoms with E-state index in [1.54, 1.807) is 6.08 Å². The molecule has 1 heterocycles. The molecule has 114 valence electrons. The Hall–Kier alpha value is -1.85. The van der Waals surface area contributed by atoms with Crippen LogP contribution in [-0.2, 0) is 9.53 Å². The second kappa shape index (κ2) is 8.44. The first-order chi connectivity index (χ1) is 10.3. The standard InChI is InChI=1S/C16H22N2O3/c1-2-8-17-11-16(19)18-13-5-3-6-14(10-13)21-12-15-7-4-9-20-15/h2-3,5-6,10,15,17H,1,4,7-9,11-12H2,(H,18,19). The summed E-state index contributed by atoms with van der Waals surface area (Å²) >= 11 is 0.